The van der Waals surface area contributed by atoms with Crippen molar-refractivity contribution in [3.05, 3.63) is 23.9 Å². The van der Waals surface area contributed by atoms with Gasteiger partial charge in [0.25, 0.3) is 0 Å². The van der Waals surface area contributed by atoms with Crippen molar-refractivity contribution < 1.29 is 14.3 Å². The fraction of sp³-hybridized carbons (Fsp3) is 0.682. The van der Waals surface area contributed by atoms with E-state index in [9.17, 15) is 9.59 Å². The van der Waals surface area contributed by atoms with Crippen molar-refractivity contribution in [3.8, 4) is 0 Å². The lowest BCUT2D eigenvalue weighted by molar-refractivity contribution is -0.120. The maximum Gasteiger partial charge on any atom is 0.409 e. The Kier molecular flexibility index (Phi) is 5.76. The number of pyridine rings is 1. The molecule has 0 unspecified atom stereocenters. The molecule has 7 heteroatoms. The van der Waals surface area contributed by atoms with E-state index in [1.807, 2.05) is 24.9 Å². The van der Waals surface area contributed by atoms with Gasteiger partial charge in [0.05, 0.1) is 6.61 Å². The molecule has 0 aliphatic carbocycles. The maximum atomic E-state index is 12.6. The highest BCUT2D eigenvalue weighted by molar-refractivity contribution is 5.96. The van der Waals surface area contributed by atoms with Crippen molar-refractivity contribution in [3.63, 3.8) is 0 Å². The van der Waals surface area contributed by atoms with E-state index >= 15 is 0 Å². The van der Waals surface area contributed by atoms with Gasteiger partial charge in [-0.1, -0.05) is 6.07 Å². The van der Waals surface area contributed by atoms with Crippen molar-refractivity contribution in [1.29, 1.82) is 0 Å². The summed E-state index contributed by atoms with van der Waals surface area (Å²) in [6.07, 6.45) is 6.28. The number of anilines is 1. The Labute approximate surface area is 173 Å². The third-order valence-electron chi connectivity index (χ3n) is 7.01. The molecular formula is C22H32N4O3. The van der Waals surface area contributed by atoms with Crippen LogP contribution in [-0.2, 0) is 14.9 Å². The topological polar surface area (TPSA) is 66.0 Å². The highest BCUT2D eigenvalue weighted by atomic mass is 16.6. The standard InChI is InChI=1S/C22H32N4O3/c1-3-29-21(28)26-11-6-17(7-12-26)16-25-13-8-22(9-14-25)15-19(27)24(2)20-18(22)5-4-10-23-20/h4-5,10,17H,3,6-9,11-16H2,1-2H3. The molecule has 7 nitrogen and oxygen atoms in total. The van der Waals surface area contributed by atoms with E-state index in [0.29, 0.717) is 18.9 Å². The quantitative estimate of drug-likeness (QED) is 0.780. The van der Waals surface area contributed by atoms with Crippen LogP contribution in [-0.4, -0.2) is 73.2 Å². The minimum absolute atomic E-state index is 0.0586. The summed E-state index contributed by atoms with van der Waals surface area (Å²) in [5.74, 6) is 1.64. The number of likely N-dealkylation sites (tertiary alicyclic amines) is 2. The molecule has 0 N–H and O–H groups in total. The van der Waals surface area contributed by atoms with Crippen LogP contribution in [0.25, 0.3) is 0 Å². The first kappa shape index (κ1) is 20.1. The molecule has 1 aromatic heterocycles. The van der Waals surface area contributed by atoms with Gasteiger partial charge < -0.3 is 14.5 Å². The van der Waals surface area contributed by atoms with Gasteiger partial charge in [-0.25, -0.2) is 9.78 Å². The van der Waals surface area contributed by atoms with E-state index in [4.69, 9.17) is 4.74 Å². The molecule has 3 aliphatic rings. The number of amides is 2. The van der Waals surface area contributed by atoms with E-state index in [2.05, 4.69) is 16.0 Å². The van der Waals surface area contributed by atoms with Crippen LogP contribution in [0.2, 0.25) is 0 Å². The van der Waals surface area contributed by atoms with Crippen molar-refractivity contribution in [1.82, 2.24) is 14.8 Å². The van der Waals surface area contributed by atoms with Crippen LogP contribution in [0.3, 0.4) is 0 Å². The molecule has 4 rings (SSSR count). The third-order valence-corrected chi connectivity index (χ3v) is 7.01. The van der Waals surface area contributed by atoms with Gasteiger partial charge in [-0.05, 0) is 57.7 Å². The minimum Gasteiger partial charge on any atom is -0.450 e. The molecule has 1 aromatic rings. The van der Waals surface area contributed by atoms with E-state index in [0.717, 1.165) is 64.2 Å². The summed E-state index contributed by atoms with van der Waals surface area (Å²) in [5, 5.41) is 0. The molecule has 3 aliphatic heterocycles. The Morgan fingerprint density at radius 1 is 1.24 bits per heavy atom. The normalized spacial score (nSPS) is 22.6. The van der Waals surface area contributed by atoms with E-state index in [1.165, 1.54) is 5.56 Å². The fourth-order valence-corrected chi connectivity index (χ4v) is 5.19. The largest absolute Gasteiger partial charge is 0.450 e. The number of aromatic nitrogens is 1. The third kappa shape index (κ3) is 3.97. The Balaban J connectivity index is 1.33. The Bertz CT molecular complexity index is 752. The first-order valence-corrected chi connectivity index (χ1v) is 10.9. The number of fused-ring (bicyclic) bond motifs is 2. The van der Waals surface area contributed by atoms with Crippen LogP contribution in [0.5, 0.6) is 0 Å². The zero-order chi connectivity index (χ0) is 20.4. The molecular weight excluding hydrogens is 368 g/mol. The average Bonchev–Trinajstić information content (AvgIpc) is 2.74. The van der Waals surface area contributed by atoms with Crippen molar-refractivity contribution in [2.45, 2.75) is 44.4 Å². The zero-order valence-electron chi connectivity index (χ0n) is 17.6. The van der Waals surface area contributed by atoms with Crippen LogP contribution < -0.4 is 4.90 Å². The highest BCUT2D eigenvalue weighted by Crippen LogP contribution is 2.45. The summed E-state index contributed by atoms with van der Waals surface area (Å²) in [4.78, 5) is 35.1. The van der Waals surface area contributed by atoms with Gasteiger partial charge in [-0.2, -0.15) is 0 Å². The maximum absolute atomic E-state index is 12.6. The number of ether oxygens (including phenoxy) is 1. The smallest absolute Gasteiger partial charge is 0.409 e. The van der Waals surface area contributed by atoms with Crippen LogP contribution >= 0.6 is 0 Å². The molecule has 29 heavy (non-hydrogen) atoms. The number of carbonyl (C=O) groups excluding carboxylic acids is 2. The molecule has 158 valence electrons. The van der Waals surface area contributed by atoms with Gasteiger partial charge >= 0.3 is 6.09 Å². The molecule has 0 radical (unpaired) electrons. The second-order valence-electron chi connectivity index (χ2n) is 8.71. The van der Waals surface area contributed by atoms with E-state index in [1.54, 1.807) is 11.1 Å². The van der Waals surface area contributed by atoms with E-state index in [-0.39, 0.29) is 17.4 Å². The van der Waals surface area contributed by atoms with Crippen LogP contribution in [0.15, 0.2) is 18.3 Å². The highest BCUT2D eigenvalue weighted by Gasteiger charge is 2.45. The fourth-order valence-electron chi connectivity index (χ4n) is 5.19. The monoisotopic (exact) mass is 400 g/mol. The molecule has 0 saturated carbocycles. The number of rotatable bonds is 3. The molecule has 1 spiro atoms. The molecule has 4 heterocycles. The van der Waals surface area contributed by atoms with Gasteiger partial charge in [-0.3, -0.25) is 9.69 Å². The number of hydrogen-bond donors (Lipinski definition) is 0. The van der Waals surface area contributed by atoms with Gasteiger partial charge in [-0.15, -0.1) is 0 Å². The van der Waals surface area contributed by atoms with E-state index < -0.39 is 0 Å². The van der Waals surface area contributed by atoms with Crippen LogP contribution in [0.4, 0.5) is 10.6 Å². The van der Waals surface area contributed by atoms with Crippen LogP contribution in [0, 0.1) is 5.92 Å². The molecule has 0 atom stereocenters. The van der Waals surface area contributed by atoms with Gasteiger partial charge in [0, 0.05) is 50.3 Å². The number of hydrogen-bond acceptors (Lipinski definition) is 5. The lowest BCUT2D eigenvalue weighted by Crippen LogP contribution is -2.50. The van der Waals surface area contributed by atoms with Crippen molar-refractivity contribution in [2.75, 3.05) is 51.3 Å². The number of carbonyl (C=O) groups is 2. The molecule has 2 saturated heterocycles. The summed E-state index contributed by atoms with van der Waals surface area (Å²) in [7, 11) is 1.83. The summed E-state index contributed by atoms with van der Waals surface area (Å²) < 4.78 is 5.12. The predicted octanol–water partition coefficient (Wildman–Crippen LogP) is 2.65. The molecule has 2 amide bonds. The first-order chi connectivity index (χ1) is 14.0. The molecule has 0 aromatic carbocycles. The molecule has 2 fully saturated rings. The second kappa shape index (κ2) is 8.30. The first-order valence-electron chi connectivity index (χ1n) is 10.9. The average molecular weight is 401 g/mol. The number of nitrogens with zero attached hydrogens (tertiary/aromatic N) is 4. The summed E-state index contributed by atoms with van der Waals surface area (Å²) >= 11 is 0. The Hall–Kier alpha value is -2.15. The predicted molar refractivity (Wildman–Crippen MR) is 111 cm³/mol. The van der Waals surface area contributed by atoms with Crippen molar-refractivity contribution >= 4 is 17.8 Å². The number of piperidine rings is 2. The van der Waals surface area contributed by atoms with Gasteiger partial charge in [0.2, 0.25) is 5.91 Å². The summed E-state index contributed by atoms with van der Waals surface area (Å²) in [6.45, 7) is 6.99. The van der Waals surface area contributed by atoms with Crippen LogP contribution in [0.1, 0.15) is 44.6 Å². The lowest BCUT2D eigenvalue weighted by Gasteiger charge is -2.47. The SMILES string of the molecule is CCOC(=O)N1CCC(CN2CCC3(CC2)CC(=O)N(C)c2ncccc23)CC1. The minimum atomic E-state index is -0.176. The summed E-state index contributed by atoms with van der Waals surface area (Å²) in [6, 6.07) is 4.15. The zero-order valence-corrected chi connectivity index (χ0v) is 17.6. The van der Waals surface area contributed by atoms with Crippen molar-refractivity contribution in [2.24, 2.45) is 5.92 Å². The van der Waals surface area contributed by atoms with Gasteiger partial charge in [0.1, 0.15) is 5.82 Å². The second-order valence-corrected chi connectivity index (χ2v) is 8.71. The lowest BCUT2D eigenvalue weighted by atomic mass is 9.68. The van der Waals surface area contributed by atoms with Gasteiger partial charge in [0.15, 0.2) is 0 Å². The Morgan fingerprint density at radius 3 is 2.66 bits per heavy atom. The Morgan fingerprint density at radius 2 is 1.97 bits per heavy atom. The molecule has 0 bridgehead atoms. The summed E-state index contributed by atoms with van der Waals surface area (Å²) in [5.41, 5.74) is 1.18.